The molecule has 0 unspecified atom stereocenters. The van der Waals surface area contributed by atoms with E-state index >= 15 is 0 Å². The van der Waals surface area contributed by atoms with Crippen LogP contribution in [0, 0.1) is 0 Å². The predicted octanol–water partition coefficient (Wildman–Crippen LogP) is 4.97. The number of carbonyl (C=O) groups is 1. The molecule has 0 radical (unpaired) electrons. The first-order valence-electron chi connectivity index (χ1n) is 7.88. The van der Waals surface area contributed by atoms with E-state index in [-0.39, 0.29) is 11.3 Å². The lowest BCUT2D eigenvalue weighted by atomic mass is 9.84. The Labute approximate surface area is 136 Å². The molecule has 0 atom stereocenters. The summed E-state index contributed by atoms with van der Waals surface area (Å²) in [5.74, 6) is 0.237. The van der Waals surface area contributed by atoms with Gasteiger partial charge in [-0.15, -0.1) is 0 Å². The summed E-state index contributed by atoms with van der Waals surface area (Å²) < 4.78 is 0. The van der Waals surface area contributed by atoms with E-state index in [0.717, 1.165) is 38.8 Å². The average Bonchev–Trinajstić information content (AvgIpc) is 3.01. The van der Waals surface area contributed by atoms with Crippen molar-refractivity contribution in [1.82, 2.24) is 4.90 Å². The third-order valence-corrected chi connectivity index (χ3v) is 5.74. The largest absolute Gasteiger partial charge is 0.292 e. The number of halogens is 2. The van der Waals surface area contributed by atoms with Gasteiger partial charge in [0.2, 0.25) is 0 Å². The Kier molecular flexibility index (Phi) is 4.58. The van der Waals surface area contributed by atoms with Crippen molar-refractivity contribution in [2.45, 2.75) is 50.5 Å². The number of hydrogen-bond donors (Lipinski definition) is 0. The monoisotopic (exact) mass is 325 g/mol. The van der Waals surface area contributed by atoms with Crippen LogP contribution in [0.1, 0.15) is 55.3 Å². The van der Waals surface area contributed by atoms with Gasteiger partial charge in [-0.1, -0.05) is 42.5 Å². The molecule has 2 nitrogen and oxygen atoms in total. The number of benzene rings is 1. The van der Waals surface area contributed by atoms with Crippen LogP contribution in [0.25, 0.3) is 0 Å². The summed E-state index contributed by atoms with van der Waals surface area (Å²) in [6, 6.07) is 5.28. The second kappa shape index (κ2) is 6.28. The fourth-order valence-corrected chi connectivity index (χ4v) is 4.17. The second-order valence-corrected chi connectivity index (χ2v) is 7.06. The molecule has 114 valence electrons. The highest BCUT2D eigenvalue weighted by molar-refractivity contribution is 6.42. The molecular weight excluding hydrogens is 305 g/mol. The minimum Gasteiger partial charge on any atom is -0.292 e. The van der Waals surface area contributed by atoms with E-state index in [1.54, 1.807) is 12.1 Å². The second-order valence-electron chi connectivity index (χ2n) is 6.24. The van der Waals surface area contributed by atoms with E-state index in [2.05, 4.69) is 4.90 Å². The van der Waals surface area contributed by atoms with E-state index in [1.165, 1.54) is 19.3 Å². The number of rotatable bonds is 3. The van der Waals surface area contributed by atoms with Crippen LogP contribution < -0.4 is 0 Å². The number of likely N-dealkylation sites (tertiary alicyclic amines) is 1. The smallest absolute Gasteiger partial charge is 0.183 e. The van der Waals surface area contributed by atoms with Crippen LogP contribution in [-0.4, -0.2) is 29.3 Å². The van der Waals surface area contributed by atoms with Crippen LogP contribution in [0.4, 0.5) is 0 Å². The molecule has 0 amide bonds. The Morgan fingerprint density at radius 2 is 1.62 bits per heavy atom. The van der Waals surface area contributed by atoms with Crippen LogP contribution >= 0.6 is 23.2 Å². The first-order chi connectivity index (χ1) is 10.1. The molecule has 1 aliphatic carbocycles. The minimum atomic E-state index is -0.294. The van der Waals surface area contributed by atoms with Gasteiger partial charge in [0, 0.05) is 5.56 Å². The van der Waals surface area contributed by atoms with Gasteiger partial charge in [0.1, 0.15) is 0 Å². The topological polar surface area (TPSA) is 20.3 Å². The zero-order valence-electron chi connectivity index (χ0n) is 12.2. The summed E-state index contributed by atoms with van der Waals surface area (Å²) in [4.78, 5) is 15.6. The van der Waals surface area contributed by atoms with E-state index in [9.17, 15) is 4.79 Å². The van der Waals surface area contributed by atoms with Gasteiger partial charge in [-0.25, -0.2) is 0 Å². The van der Waals surface area contributed by atoms with Crippen LogP contribution in [0.5, 0.6) is 0 Å². The molecule has 2 aliphatic rings. The van der Waals surface area contributed by atoms with Gasteiger partial charge in [0.05, 0.1) is 15.6 Å². The molecule has 4 heteroatoms. The van der Waals surface area contributed by atoms with Gasteiger partial charge in [-0.2, -0.15) is 0 Å². The first-order valence-corrected chi connectivity index (χ1v) is 8.64. The van der Waals surface area contributed by atoms with Gasteiger partial charge >= 0.3 is 0 Å². The maximum Gasteiger partial charge on any atom is 0.183 e. The molecule has 1 heterocycles. The first kappa shape index (κ1) is 15.3. The molecule has 2 fully saturated rings. The lowest BCUT2D eigenvalue weighted by Gasteiger charge is -2.42. The zero-order chi connectivity index (χ0) is 14.9. The van der Waals surface area contributed by atoms with Crippen LogP contribution in [0.2, 0.25) is 10.0 Å². The molecule has 0 spiro atoms. The number of hydrogen-bond acceptors (Lipinski definition) is 2. The van der Waals surface area contributed by atoms with Crippen molar-refractivity contribution in [1.29, 1.82) is 0 Å². The third-order valence-electron chi connectivity index (χ3n) is 5.00. The lowest BCUT2D eigenvalue weighted by molar-refractivity contribution is 0.0477. The molecule has 0 N–H and O–H groups in total. The molecule has 0 bridgehead atoms. The molecule has 1 saturated carbocycles. The summed E-state index contributed by atoms with van der Waals surface area (Å²) in [5, 5.41) is 0.973. The Morgan fingerprint density at radius 3 is 2.24 bits per heavy atom. The molecule has 1 saturated heterocycles. The maximum atomic E-state index is 13.2. The summed E-state index contributed by atoms with van der Waals surface area (Å²) in [5.41, 5.74) is 0.411. The molecule has 1 aliphatic heterocycles. The van der Waals surface area contributed by atoms with Crippen molar-refractivity contribution >= 4 is 29.0 Å². The predicted molar refractivity (Wildman–Crippen MR) is 87.4 cm³/mol. The Morgan fingerprint density at radius 1 is 0.952 bits per heavy atom. The molecular formula is C17H21Cl2NO. The quantitative estimate of drug-likeness (QED) is 0.731. The number of nitrogens with zero attached hydrogens (tertiary/aromatic N) is 1. The Bertz CT molecular complexity index is 532. The van der Waals surface area contributed by atoms with E-state index in [0.29, 0.717) is 15.6 Å². The Balaban J connectivity index is 1.92. The van der Waals surface area contributed by atoms with Crippen molar-refractivity contribution in [3.8, 4) is 0 Å². The lowest BCUT2D eigenvalue weighted by Crippen LogP contribution is -2.54. The number of ketones is 1. The highest BCUT2D eigenvalue weighted by atomic mass is 35.5. The van der Waals surface area contributed by atoms with Crippen molar-refractivity contribution in [3.63, 3.8) is 0 Å². The standard InChI is InChI=1S/C17H21Cl2NO/c18-14-7-6-13(12-15(14)19)16(21)17(8-2-3-9-17)20-10-4-1-5-11-20/h6-7,12H,1-5,8-11H2. The third kappa shape index (κ3) is 2.86. The fraction of sp³-hybridized carbons (Fsp3) is 0.588. The molecule has 21 heavy (non-hydrogen) atoms. The Hall–Kier alpha value is -0.570. The normalized spacial score (nSPS) is 22.4. The van der Waals surface area contributed by atoms with Gasteiger partial charge in [0.15, 0.2) is 5.78 Å². The minimum absolute atomic E-state index is 0.237. The highest BCUT2D eigenvalue weighted by Gasteiger charge is 2.46. The number of Topliss-reactive ketones (excluding diaryl/α,β-unsaturated/α-hetero) is 1. The number of piperidine rings is 1. The van der Waals surface area contributed by atoms with E-state index < -0.39 is 0 Å². The summed E-state index contributed by atoms with van der Waals surface area (Å²) >= 11 is 12.1. The van der Waals surface area contributed by atoms with Gasteiger partial charge < -0.3 is 0 Å². The van der Waals surface area contributed by atoms with Crippen molar-refractivity contribution < 1.29 is 4.79 Å². The van der Waals surface area contributed by atoms with E-state index in [1.807, 2.05) is 6.07 Å². The summed E-state index contributed by atoms with van der Waals surface area (Å²) in [6.45, 7) is 2.10. The van der Waals surface area contributed by atoms with Crippen LogP contribution in [-0.2, 0) is 0 Å². The SMILES string of the molecule is O=C(c1ccc(Cl)c(Cl)c1)C1(N2CCCCC2)CCCC1. The van der Waals surface area contributed by atoms with Crippen LogP contribution in [0.3, 0.4) is 0 Å². The van der Waals surface area contributed by atoms with Crippen LogP contribution in [0.15, 0.2) is 18.2 Å². The number of carbonyl (C=O) groups excluding carboxylic acids is 1. The molecule has 1 aromatic rings. The highest BCUT2D eigenvalue weighted by Crippen LogP contribution is 2.40. The molecule has 0 aromatic heterocycles. The molecule has 1 aromatic carbocycles. The maximum absolute atomic E-state index is 13.2. The van der Waals surface area contributed by atoms with Gasteiger partial charge in [0.25, 0.3) is 0 Å². The van der Waals surface area contributed by atoms with Gasteiger partial charge in [-0.05, 0) is 57.0 Å². The zero-order valence-corrected chi connectivity index (χ0v) is 13.7. The fourth-order valence-electron chi connectivity index (χ4n) is 3.87. The molecule has 3 rings (SSSR count). The average molecular weight is 326 g/mol. The summed E-state index contributed by atoms with van der Waals surface area (Å²) in [6.07, 6.45) is 7.94. The van der Waals surface area contributed by atoms with Crippen molar-refractivity contribution in [3.05, 3.63) is 33.8 Å². The van der Waals surface area contributed by atoms with Crippen molar-refractivity contribution in [2.24, 2.45) is 0 Å². The van der Waals surface area contributed by atoms with E-state index in [4.69, 9.17) is 23.2 Å². The van der Waals surface area contributed by atoms with Gasteiger partial charge in [-0.3, -0.25) is 9.69 Å². The van der Waals surface area contributed by atoms with Crippen molar-refractivity contribution in [2.75, 3.05) is 13.1 Å². The summed E-state index contributed by atoms with van der Waals surface area (Å²) in [7, 11) is 0.